The Morgan fingerprint density at radius 1 is 1.19 bits per heavy atom. The molecule has 0 unspecified atom stereocenters. The summed E-state index contributed by atoms with van der Waals surface area (Å²) >= 11 is 0. The van der Waals surface area contributed by atoms with Crippen LogP contribution in [0.15, 0.2) is 54.7 Å². The second-order valence-corrected chi connectivity index (χ2v) is 6.28. The van der Waals surface area contributed by atoms with Gasteiger partial charge in [-0.05, 0) is 50.1 Å². The summed E-state index contributed by atoms with van der Waals surface area (Å²) in [6.07, 6.45) is 2.14. The number of para-hydroxylation sites is 1. The SMILES string of the molecule is Cc1cccc(OCCCNC(=O)c2cnn(-c3ccccc3F)c2C)c1. The van der Waals surface area contributed by atoms with Gasteiger partial charge in [-0.2, -0.15) is 5.10 Å². The van der Waals surface area contributed by atoms with Crippen LogP contribution < -0.4 is 10.1 Å². The predicted octanol–water partition coefficient (Wildman–Crippen LogP) is 3.83. The maximum Gasteiger partial charge on any atom is 0.254 e. The number of nitrogens with zero attached hydrogens (tertiary/aromatic N) is 2. The van der Waals surface area contributed by atoms with E-state index in [1.807, 2.05) is 31.2 Å². The first-order valence-electron chi connectivity index (χ1n) is 8.83. The van der Waals surface area contributed by atoms with Gasteiger partial charge in [0, 0.05) is 6.54 Å². The van der Waals surface area contributed by atoms with Crippen LogP contribution in [0.2, 0.25) is 0 Å². The van der Waals surface area contributed by atoms with Gasteiger partial charge in [0.2, 0.25) is 0 Å². The Kier molecular flexibility index (Phi) is 5.86. The molecule has 0 aliphatic carbocycles. The van der Waals surface area contributed by atoms with Crippen molar-refractivity contribution in [2.75, 3.05) is 13.2 Å². The highest BCUT2D eigenvalue weighted by atomic mass is 19.1. The number of nitrogens with one attached hydrogen (secondary N) is 1. The van der Waals surface area contributed by atoms with Crippen molar-refractivity contribution in [2.24, 2.45) is 0 Å². The summed E-state index contributed by atoms with van der Waals surface area (Å²) in [7, 11) is 0. The predicted molar refractivity (Wildman–Crippen MR) is 102 cm³/mol. The van der Waals surface area contributed by atoms with Gasteiger partial charge in [-0.25, -0.2) is 9.07 Å². The fourth-order valence-electron chi connectivity index (χ4n) is 2.76. The molecule has 2 aromatic carbocycles. The van der Waals surface area contributed by atoms with Crippen LogP contribution in [0.25, 0.3) is 5.69 Å². The average Bonchev–Trinajstić information content (AvgIpc) is 3.03. The van der Waals surface area contributed by atoms with E-state index < -0.39 is 0 Å². The molecule has 6 heteroatoms. The number of carbonyl (C=O) groups is 1. The highest BCUT2D eigenvalue weighted by Crippen LogP contribution is 2.17. The van der Waals surface area contributed by atoms with Crippen LogP contribution in [0.4, 0.5) is 4.39 Å². The van der Waals surface area contributed by atoms with Crippen molar-refractivity contribution in [3.8, 4) is 11.4 Å². The Balaban J connectivity index is 1.52. The van der Waals surface area contributed by atoms with Gasteiger partial charge in [-0.15, -0.1) is 0 Å². The Bertz CT molecular complexity index is 937. The van der Waals surface area contributed by atoms with Crippen LogP contribution >= 0.6 is 0 Å². The molecule has 27 heavy (non-hydrogen) atoms. The molecule has 0 saturated heterocycles. The lowest BCUT2D eigenvalue weighted by Crippen LogP contribution is -2.26. The Morgan fingerprint density at radius 2 is 2.00 bits per heavy atom. The number of benzene rings is 2. The van der Waals surface area contributed by atoms with Gasteiger partial charge in [0.25, 0.3) is 5.91 Å². The minimum Gasteiger partial charge on any atom is -0.494 e. The van der Waals surface area contributed by atoms with Crippen LogP contribution in [-0.4, -0.2) is 28.8 Å². The highest BCUT2D eigenvalue weighted by molar-refractivity contribution is 5.95. The summed E-state index contributed by atoms with van der Waals surface area (Å²) in [4.78, 5) is 12.4. The number of rotatable bonds is 7. The number of ether oxygens (including phenoxy) is 1. The van der Waals surface area contributed by atoms with Crippen molar-refractivity contribution in [1.29, 1.82) is 0 Å². The van der Waals surface area contributed by atoms with Gasteiger partial charge in [-0.1, -0.05) is 24.3 Å². The van der Waals surface area contributed by atoms with Crippen LogP contribution in [0.5, 0.6) is 5.75 Å². The van der Waals surface area contributed by atoms with Gasteiger partial charge in [0.15, 0.2) is 0 Å². The lowest BCUT2D eigenvalue weighted by Gasteiger charge is -2.08. The summed E-state index contributed by atoms with van der Waals surface area (Å²) in [5.41, 5.74) is 2.48. The third-order valence-electron chi connectivity index (χ3n) is 4.20. The Hall–Kier alpha value is -3.15. The molecule has 3 rings (SSSR count). The first kappa shape index (κ1) is 18.6. The Morgan fingerprint density at radius 3 is 2.78 bits per heavy atom. The number of hydrogen-bond acceptors (Lipinski definition) is 3. The molecule has 0 aliphatic heterocycles. The van der Waals surface area contributed by atoms with E-state index in [4.69, 9.17) is 4.74 Å². The molecule has 5 nitrogen and oxygen atoms in total. The topological polar surface area (TPSA) is 56.1 Å². The van der Waals surface area contributed by atoms with Crippen molar-refractivity contribution in [1.82, 2.24) is 15.1 Å². The maximum atomic E-state index is 13.9. The lowest BCUT2D eigenvalue weighted by molar-refractivity contribution is 0.0951. The second-order valence-electron chi connectivity index (χ2n) is 6.28. The molecule has 0 atom stereocenters. The van der Waals surface area contributed by atoms with Crippen molar-refractivity contribution >= 4 is 5.91 Å². The second kappa shape index (κ2) is 8.49. The van der Waals surface area contributed by atoms with E-state index in [0.29, 0.717) is 36.5 Å². The Labute approximate surface area is 157 Å². The zero-order valence-electron chi connectivity index (χ0n) is 15.4. The largest absolute Gasteiger partial charge is 0.494 e. The van der Waals surface area contributed by atoms with Crippen LogP contribution in [0, 0.1) is 19.7 Å². The molecule has 0 aliphatic rings. The van der Waals surface area contributed by atoms with Crippen LogP contribution in [0.1, 0.15) is 28.0 Å². The molecular weight excluding hydrogens is 345 g/mol. The first-order chi connectivity index (χ1) is 13.1. The molecule has 1 amide bonds. The van der Waals surface area contributed by atoms with Gasteiger partial charge < -0.3 is 10.1 Å². The molecule has 0 fully saturated rings. The summed E-state index contributed by atoms with van der Waals surface area (Å²) in [6.45, 7) is 4.75. The van der Waals surface area contributed by atoms with E-state index >= 15 is 0 Å². The van der Waals surface area contributed by atoms with E-state index in [-0.39, 0.29) is 11.7 Å². The number of carbonyl (C=O) groups excluding carboxylic acids is 1. The van der Waals surface area contributed by atoms with Gasteiger partial charge in [0.1, 0.15) is 17.3 Å². The lowest BCUT2D eigenvalue weighted by atomic mass is 10.2. The fraction of sp³-hybridized carbons (Fsp3) is 0.238. The molecule has 1 aromatic heterocycles. The van der Waals surface area contributed by atoms with E-state index in [9.17, 15) is 9.18 Å². The van der Waals surface area contributed by atoms with E-state index in [1.165, 1.54) is 16.9 Å². The molecule has 1 N–H and O–H groups in total. The van der Waals surface area contributed by atoms with Crippen molar-refractivity contribution in [3.63, 3.8) is 0 Å². The minimum absolute atomic E-state index is 0.231. The molecule has 0 radical (unpaired) electrons. The molecule has 3 aromatic rings. The van der Waals surface area contributed by atoms with E-state index in [2.05, 4.69) is 10.4 Å². The normalized spacial score (nSPS) is 10.6. The average molecular weight is 367 g/mol. The first-order valence-corrected chi connectivity index (χ1v) is 8.83. The molecule has 1 heterocycles. The third kappa shape index (κ3) is 4.53. The number of aryl methyl sites for hydroxylation is 1. The maximum absolute atomic E-state index is 13.9. The van der Waals surface area contributed by atoms with Gasteiger partial charge in [-0.3, -0.25) is 4.79 Å². The number of halogens is 1. The minimum atomic E-state index is -0.385. The monoisotopic (exact) mass is 367 g/mol. The number of hydrogen-bond donors (Lipinski definition) is 1. The van der Waals surface area contributed by atoms with Crippen molar-refractivity contribution < 1.29 is 13.9 Å². The van der Waals surface area contributed by atoms with E-state index in [0.717, 1.165) is 11.3 Å². The molecule has 0 spiro atoms. The summed E-state index contributed by atoms with van der Waals surface area (Å²) < 4.78 is 21.0. The molecule has 0 saturated carbocycles. The smallest absolute Gasteiger partial charge is 0.254 e. The standard InChI is InChI=1S/C21H22FN3O2/c1-15-7-5-8-17(13-15)27-12-6-11-23-21(26)18-14-24-25(16(18)2)20-10-4-3-9-19(20)22/h3-5,7-10,13-14H,6,11-12H2,1-2H3,(H,23,26). The summed E-state index contributed by atoms with van der Waals surface area (Å²) in [5.74, 6) is 0.206. The summed E-state index contributed by atoms with van der Waals surface area (Å²) in [6, 6.07) is 14.2. The van der Waals surface area contributed by atoms with Crippen molar-refractivity contribution in [3.05, 3.63) is 77.4 Å². The third-order valence-corrected chi connectivity index (χ3v) is 4.20. The zero-order valence-corrected chi connectivity index (χ0v) is 15.4. The van der Waals surface area contributed by atoms with Crippen LogP contribution in [-0.2, 0) is 0 Å². The van der Waals surface area contributed by atoms with Crippen LogP contribution in [0.3, 0.4) is 0 Å². The number of aromatic nitrogens is 2. The van der Waals surface area contributed by atoms with Gasteiger partial charge >= 0.3 is 0 Å². The zero-order chi connectivity index (χ0) is 19.2. The van der Waals surface area contributed by atoms with Crippen molar-refractivity contribution in [2.45, 2.75) is 20.3 Å². The summed E-state index contributed by atoms with van der Waals surface area (Å²) in [5, 5.41) is 7.00. The molecular formula is C21H22FN3O2. The molecule has 0 bridgehead atoms. The fourth-order valence-corrected chi connectivity index (χ4v) is 2.76. The van der Waals surface area contributed by atoms with E-state index in [1.54, 1.807) is 25.1 Å². The quantitative estimate of drug-likeness (QED) is 0.646. The number of amides is 1. The molecule has 140 valence electrons. The van der Waals surface area contributed by atoms with Gasteiger partial charge in [0.05, 0.1) is 24.1 Å². The highest BCUT2D eigenvalue weighted by Gasteiger charge is 2.16.